The molecule has 4 aliphatic rings. The second-order valence-corrected chi connectivity index (χ2v) is 7.86. The minimum absolute atomic E-state index is 0.330. The Balaban J connectivity index is 1.34. The Labute approximate surface area is 143 Å². The third kappa shape index (κ3) is 3.24. The van der Waals surface area contributed by atoms with Crippen LogP contribution in [0.25, 0.3) is 0 Å². The van der Waals surface area contributed by atoms with E-state index in [1.165, 1.54) is 12.8 Å². The Morgan fingerprint density at radius 1 is 0.625 bits per heavy atom. The lowest BCUT2D eigenvalue weighted by Gasteiger charge is -2.34. The third-order valence-electron chi connectivity index (χ3n) is 6.10. The van der Waals surface area contributed by atoms with Crippen molar-refractivity contribution in [2.24, 2.45) is 0 Å². The monoisotopic (exact) mass is 342 g/mol. The molecule has 2 N–H and O–H groups in total. The Kier molecular flexibility index (Phi) is 4.88. The van der Waals surface area contributed by atoms with Gasteiger partial charge < -0.3 is 29.2 Å². The molecule has 24 heavy (non-hydrogen) atoms. The van der Waals surface area contributed by atoms with Crippen LogP contribution in [0.4, 0.5) is 0 Å². The van der Waals surface area contributed by atoms with Gasteiger partial charge in [-0.3, -0.25) is 0 Å². The van der Waals surface area contributed by atoms with E-state index in [4.69, 9.17) is 18.9 Å². The molecule has 2 aliphatic carbocycles. The summed E-state index contributed by atoms with van der Waals surface area (Å²) in [6.07, 6.45) is 7.25. The standard InChI is InChI=1S/C18H30O6/c19-15(13-11-21-17(23-13)7-3-1-4-8-17)16(20)14-12-22-18(24-14)9-5-2-6-10-18/h13-16,19-20H,1-12H2/t13-,14?,15-,16-/m1/s1. The van der Waals surface area contributed by atoms with Gasteiger partial charge in [-0.15, -0.1) is 0 Å². The van der Waals surface area contributed by atoms with Gasteiger partial charge in [0.1, 0.15) is 24.4 Å². The van der Waals surface area contributed by atoms with E-state index >= 15 is 0 Å². The molecular weight excluding hydrogens is 312 g/mol. The van der Waals surface area contributed by atoms with Crippen molar-refractivity contribution in [3.05, 3.63) is 0 Å². The molecule has 4 rings (SSSR count). The molecule has 2 heterocycles. The highest BCUT2D eigenvalue weighted by atomic mass is 16.8. The lowest BCUT2D eigenvalue weighted by molar-refractivity contribution is -0.217. The molecule has 1 unspecified atom stereocenters. The molecule has 2 aliphatic heterocycles. The SMILES string of the molecule is O[C@@H]([C@H](O)C1COC2(CCCCC2)O1)[C@H]1COC2(CCCCC2)O1. The number of hydrogen-bond acceptors (Lipinski definition) is 6. The fourth-order valence-electron chi connectivity index (χ4n) is 4.64. The molecule has 6 nitrogen and oxygen atoms in total. The van der Waals surface area contributed by atoms with Gasteiger partial charge in [-0.2, -0.15) is 0 Å². The first-order valence-electron chi connectivity index (χ1n) is 9.61. The molecule has 6 heteroatoms. The maximum absolute atomic E-state index is 10.6. The summed E-state index contributed by atoms with van der Waals surface area (Å²) in [6, 6.07) is 0. The normalized spacial score (nSPS) is 37.8. The summed E-state index contributed by atoms with van der Waals surface area (Å²) in [7, 11) is 0. The summed E-state index contributed by atoms with van der Waals surface area (Å²) in [6.45, 7) is 0.661. The van der Waals surface area contributed by atoms with Crippen molar-refractivity contribution in [3.8, 4) is 0 Å². The lowest BCUT2D eigenvalue weighted by Crippen LogP contribution is -2.48. The second-order valence-electron chi connectivity index (χ2n) is 7.86. The van der Waals surface area contributed by atoms with Crippen molar-refractivity contribution >= 4 is 0 Å². The van der Waals surface area contributed by atoms with Crippen molar-refractivity contribution < 1.29 is 29.2 Å². The molecule has 0 radical (unpaired) electrons. The molecule has 0 aromatic heterocycles. The average molecular weight is 342 g/mol. The van der Waals surface area contributed by atoms with Crippen LogP contribution in [0.2, 0.25) is 0 Å². The van der Waals surface area contributed by atoms with Crippen molar-refractivity contribution in [1.82, 2.24) is 0 Å². The van der Waals surface area contributed by atoms with Crippen LogP contribution in [0, 0.1) is 0 Å². The topological polar surface area (TPSA) is 77.4 Å². The molecule has 2 spiro atoms. The number of aliphatic hydroxyl groups excluding tert-OH is 2. The van der Waals surface area contributed by atoms with Gasteiger partial charge in [-0.25, -0.2) is 0 Å². The highest BCUT2D eigenvalue weighted by Gasteiger charge is 2.50. The first-order valence-corrected chi connectivity index (χ1v) is 9.61. The molecule has 2 saturated carbocycles. The fourth-order valence-corrected chi connectivity index (χ4v) is 4.64. The molecule has 4 atom stereocenters. The minimum atomic E-state index is -1.02. The number of rotatable bonds is 3. The first-order chi connectivity index (χ1) is 11.6. The molecule has 138 valence electrons. The lowest BCUT2D eigenvalue weighted by atomic mass is 9.94. The smallest absolute Gasteiger partial charge is 0.169 e. The van der Waals surface area contributed by atoms with Crippen LogP contribution in [0.15, 0.2) is 0 Å². The zero-order valence-corrected chi connectivity index (χ0v) is 14.3. The van der Waals surface area contributed by atoms with Gasteiger partial charge in [0.2, 0.25) is 0 Å². The quantitative estimate of drug-likeness (QED) is 0.815. The molecule has 2 saturated heterocycles. The van der Waals surface area contributed by atoms with Crippen LogP contribution in [0.5, 0.6) is 0 Å². The molecule has 4 fully saturated rings. The highest BCUT2D eigenvalue weighted by molar-refractivity contribution is 4.93. The Morgan fingerprint density at radius 2 is 1.00 bits per heavy atom. The highest BCUT2D eigenvalue weighted by Crippen LogP contribution is 2.41. The van der Waals surface area contributed by atoms with Gasteiger partial charge in [-0.05, 0) is 25.7 Å². The van der Waals surface area contributed by atoms with Gasteiger partial charge in [0.05, 0.1) is 13.2 Å². The summed E-state index contributed by atoms with van der Waals surface area (Å²) in [5.74, 6) is -1.08. The van der Waals surface area contributed by atoms with E-state index in [0.717, 1.165) is 51.4 Å². The second kappa shape index (κ2) is 6.82. The molecule has 0 bridgehead atoms. The minimum Gasteiger partial charge on any atom is -0.387 e. The zero-order chi connectivity index (χ0) is 16.6. The maximum atomic E-state index is 10.6. The fraction of sp³-hybridized carbons (Fsp3) is 1.00. The van der Waals surface area contributed by atoms with Crippen LogP contribution in [0.3, 0.4) is 0 Å². The van der Waals surface area contributed by atoms with E-state index in [0.29, 0.717) is 13.2 Å². The van der Waals surface area contributed by atoms with Gasteiger partial charge >= 0.3 is 0 Å². The van der Waals surface area contributed by atoms with Crippen LogP contribution in [0.1, 0.15) is 64.2 Å². The predicted octanol–water partition coefficient (Wildman–Crippen LogP) is 1.86. The van der Waals surface area contributed by atoms with E-state index < -0.39 is 36.0 Å². The van der Waals surface area contributed by atoms with E-state index in [9.17, 15) is 10.2 Å². The van der Waals surface area contributed by atoms with Gasteiger partial charge in [-0.1, -0.05) is 12.8 Å². The van der Waals surface area contributed by atoms with Gasteiger partial charge in [0.15, 0.2) is 11.6 Å². The van der Waals surface area contributed by atoms with E-state index in [1.54, 1.807) is 0 Å². The summed E-state index contributed by atoms with van der Waals surface area (Å²) in [4.78, 5) is 0. The van der Waals surface area contributed by atoms with Gasteiger partial charge in [0.25, 0.3) is 0 Å². The number of aliphatic hydroxyl groups is 2. The molecular formula is C18H30O6. The van der Waals surface area contributed by atoms with Crippen molar-refractivity contribution in [2.75, 3.05) is 13.2 Å². The largest absolute Gasteiger partial charge is 0.387 e. The average Bonchev–Trinajstić information content (AvgIpc) is 3.20. The van der Waals surface area contributed by atoms with Crippen molar-refractivity contribution in [2.45, 2.75) is 100 Å². The van der Waals surface area contributed by atoms with Gasteiger partial charge in [0, 0.05) is 25.7 Å². The van der Waals surface area contributed by atoms with Crippen LogP contribution < -0.4 is 0 Å². The van der Waals surface area contributed by atoms with Crippen molar-refractivity contribution in [1.29, 1.82) is 0 Å². The zero-order valence-electron chi connectivity index (χ0n) is 14.3. The Hall–Kier alpha value is -0.240. The molecule has 0 amide bonds. The van der Waals surface area contributed by atoms with Crippen LogP contribution >= 0.6 is 0 Å². The van der Waals surface area contributed by atoms with E-state index in [-0.39, 0.29) is 0 Å². The molecule has 0 aromatic carbocycles. The van der Waals surface area contributed by atoms with Crippen LogP contribution in [-0.2, 0) is 18.9 Å². The maximum Gasteiger partial charge on any atom is 0.169 e. The van der Waals surface area contributed by atoms with Crippen LogP contribution in [-0.4, -0.2) is 59.4 Å². The summed E-state index contributed by atoms with van der Waals surface area (Å²) in [5.41, 5.74) is 0. The summed E-state index contributed by atoms with van der Waals surface area (Å²) < 4.78 is 23.8. The first kappa shape index (κ1) is 17.2. The molecule has 0 aromatic rings. The van der Waals surface area contributed by atoms with E-state index in [2.05, 4.69) is 0 Å². The number of hydrogen-bond donors (Lipinski definition) is 2. The Bertz CT molecular complexity index is 389. The Morgan fingerprint density at radius 3 is 1.38 bits per heavy atom. The van der Waals surface area contributed by atoms with E-state index in [1.807, 2.05) is 0 Å². The number of ether oxygens (including phenoxy) is 4. The summed E-state index contributed by atoms with van der Waals surface area (Å²) >= 11 is 0. The van der Waals surface area contributed by atoms with Crippen molar-refractivity contribution in [3.63, 3.8) is 0 Å². The summed E-state index contributed by atoms with van der Waals surface area (Å²) in [5, 5.41) is 21.2. The third-order valence-corrected chi connectivity index (χ3v) is 6.10. The predicted molar refractivity (Wildman–Crippen MR) is 85.3 cm³/mol.